The van der Waals surface area contributed by atoms with E-state index in [0.717, 1.165) is 52.1 Å². The second-order valence-electron chi connectivity index (χ2n) is 5.15. The summed E-state index contributed by atoms with van der Waals surface area (Å²) in [6.07, 6.45) is 1.12. The Morgan fingerprint density at radius 1 is 1.11 bits per heavy atom. The molecule has 0 unspecified atom stereocenters. The maximum atomic E-state index is 5.81. The van der Waals surface area contributed by atoms with Gasteiger partial charge in [0.2, 0.25) is 0 Å². The molecule has 108 valence electrons. The van der Waals surface area contributed by atoms with Crippen LogP contribution in [0.2, 0.25) is 12.6 Å². The maximum Gasteiger partial charge on any atom is 0.337 e. The van der Waals surface area contributed by atoms with Crippen LogP contribution in [0.3, 0.4) is 0 Å². The molecule has 4 nitrogen and oxygen atoms in total. The Kier molecular flexibility index (Phi) is 6.80. The van der Waals surface area contributed by atoms with Crippen LogP contribution in [0.15, 0.2) is 0 Å². The van der Waals surface area contributed by atoms with E-state index in [1.165, 1.54) is 0 Å². The summed E-state index contributed by atoms with van der Waals surface area (Å²) in [5.41, 5.74) is 0.273. The second kappa shape index (κ2) is 7.60. The lowest BCUT2D eigenvalue weighted by Gasteiger charge is -2.40. The zero-order valence-corrected chi connectivity index (χ0v) is 13.3. The zero-order chi connectivity index (χ0) is 13.5. The van der Waals surface area contributed by atoms with Crippen molar-refractivity contribution in [2.75, 3.05) is 39.6 Å². The average molecular weight is 276 g/mol. The maximum absolute atomic E-state index is 5.81. The van der Waals surface area contributed by atoms with Crippen molar-refractivity contribution in [3.8, 4) is 0 Å². The van der Waals surface area contributed by atoms with E-state index in [1.54, 1.807) is 0 Å². The molecule has 1 rings (SSSR count). The van der Waals surface area contributed by atoms with Crippen LogP contribution < -0.4 is 0 Å². The Labute approximate surface area is 112 Å². The Balaban J connectivity index is 2.22. The summed E-state index contributed by atoms with van der Waals surface area (Å²) in [6.45, 7) is 13.0. The van der Waals surface area contributed by atoms with Crippen molar-refractivity contribution >= 4 is 8.56 Å². The van der Waals surface area contributed by atoms with Gasteiger partial charge in [-0.15, -0.1) is 0 Å². The van der Waals surface area contributed by atoms with E-state index in [2.05, 4.69) is 13.5 Å². The number of hydrogen-bond acceptors (Lipinski definition) is 4. The first-order valence-corrected chi connectivity index (χ1v) is 9.55. The molecule has 18 heavy (non-hydrogen) atoms. The zero-order valence-electron chi connectivity index (χ0n) is 12.3. The summed E-state index contributed by atoms with van der Waals surface area (Å²) in [4.78, 5) is 0. The van der Waals surface area contributed by atoms with Crippen molar-refractivity contribution in [3.05, 3.63) is 0 Å². The highest BCUT2D eigenvalue weighted by Gasteiger charge is 2.37. The third-order valence-corrected chi connectivity index (χ3v) is 6.49. The molecule has 1 aliphatic rings. The van der Waals surface area contributed by atoms with Crippen LogP contribution in [0, 0.1) is 5.41 Å². The normalized spacial score (nSPS) is 18.7. The van der Waals surface area contributed by atoms with Crippen molar-refractivity contribution in [2.24, 2.45) is 5.41 Å². The van der Waals surface area contributed by atoms with Gasteiger partial charge in [0.15, 0.2) is 0 Å². The molecule has 0 aromatic heterocycles. The van der Waals surface area contributed by atoms with Crippen LogP contribution in [-0.4, -0.2) is 48.2 Å². The highest BCUT2D eigenvalue weighted by molar-refractivity contribution is 6.66. The Bertz CT molecular complexity index is 220. The third-order valence-electron chi connectivity index (χ3n) is 3.57. The molecule has 0 aliphatic carbocycles. The molecule has 1 heterocycles. The van der Waals surface area contributed by atoms with Gasteiger partial charge < -0.3 is 18.3 Å². The van der Waals surface area contributed by atoms with Crippen LogP contribution in [0.5, 0.6) is 0 Å². The molecule has 0 aromatic rings. The van der Waals surface area contributed by atoms with Gasteiger partial charge in [0.1, 0.15) is 0 Å². The van der Waals surface area contributed by atoms with E-state index >= 15 is 0 Å². The number of rotatable bonds is 10. The van der Waals surface area contributed by atoms with Gasteiger partial charge in [-0.2, -0.15) is 0 Å². The quantitative estimate of drug-likeness (QED) is 0.454. The summed E-state index contributed by atoms with van der Waals surface area (Å²) >= 11 is 0. The molecule has 0 saturated carbocycles. The predicted octanol–water partition coefficient (Wildman–Crippen LogP) is 2.57. The molecule has 1 fully saturated rings. The van der Waals surface area contributed by atoms with E-state index in [9.17, 15) is 0 Å². The highest BCUT2D eigenvalue weighted by atomic mass is 28.4. The summed E-state index contributed by atoms with van der Waals surface area (Å²) in [5.74, 6) is 0. The molecular formula is C13H28O4Si. The predicted molar refractivity (Wildman–Crippen MR) is 74.0 cm³/mol. The van der Waals surface area contributed by atoms with Crippen molar-refractivity contribution in [2.45, 2.75) is 39.8 Å². The third kappa shape index (κ3) is 4.62. The lowest BCUT2D eigenvalue weighted by atomic mass is 9.84. The smallest absolute Gasteiger partial charge is 0.337 e. The fourth-order valence-corrected chi connectivity index (χ4v) is 4.23. The molecule has 0 aromatic carbocycles. The molecule has 5 heteroatoms. The van der Waals surface area contributed by atoms with Gasteiger partial charge >= 0.3 is 8.56 Å². The van der Waals surface area contributed by atoms with Crippen molar-refractivity contribution in [3.63, 3.8) is 0 Å². The van der Waals surface area contributed by atoms with Crippen LogP contribution >= 0.6 is 0 Å². The monoisotopic (exact) mass is 276 g/mol. The second-order valence-corrected chi connectivity index (χ2v) is 8.49. The fraction of sp³-hybridized carbons (Fsp3) is 1.00. The summed E-state index contributed by atoms with van der Waals surface area (Å²) in [7, 11) is -2.00. The van der Waals surface area contributed by atoms with Gasteiger partial charge in [0.25, 0.3) is 0 Å². The first-order chi connectivity index (χ1) is 8.60. The molecule has 0 amide bonds. The standard InChI is InChI=1S/C13H28O4Si/c1-5-13(11-15-12-13)10-14-8-9-18(4,16-6-2)17-7-3/h5-12H2,1-4H3. The van der Waals surface area contributed by atoms with Gasteiger partial charge in [0.05, 0.1) is 19.8 Å². The molecule has 1 aliphatic heterocycles. The van der Waals surface area contributed by atoms with Crippen LogP contribution in [0.25, 0.3) is 0 Å². The fourth-order valence-electron chi connectivity index (χ4n) is 2.12. The van der Waals surface area contributed by atoms with E-state index in [4.69, 9.17) is 18.3 Å². The largest absolute Gasteiger partial charge is 0.395 e. The Hall–Kier alpha value is 0.0569. The van der Waals surface area contributed by atoms with E-state index in [1.807, 2.05) is 13.8 Å². The summed E-state index contributed by atoms with van der Waals surface area (Å²) in [6, 6.07) is 0.898. The molecule has 1 saturated heterocycles. The van der Waals surface area contributed by atoms with Crippen molar-refractivity contribution < 1.29 is 18.3 Å². The molecular weight excluding hydrogens is 248 g/mol. The molecule has 0 spiro atoms. The lowest BCUT2D eigenvalue weighted by molar-refractivity contribution is -0.149. The highest BCUT2D eigenvalue weighted by Crippen LogP contribution is 2.31. The topological polar surface area (TPSA) is 36.9 Å². The molecule has 0 radical (unpaired) electrons. The van der Waals surface area contributed by atoms with E-state index < -0.39 is 8.56 Å². The first-order valence-electron chi connectivity index (χ1n) is 7.03. The van der Waals surface area contributed by atoms with Gasteiger partial charge in [-0.1, -0.05) is 6.92 Å². The van der Waals surface area contributed by atoms with Crippen molar-refractivity contribution in [1.82, 2.24) is 0 Å². The minimum Gasteiger partial charge on any atom is -0.395 e. The Morgan fingerprint density at radius 3 is 2.11 bits per heavy atom. The Morgan fingerprint density at radius 2 is 1.72 bits per heavy atom. The number of hydrogen-bond donors (Lipinski definition) is 0. The lowest BCUT2D eigenvalue weighted by Crippen LogP contribution is -2.46. The minimum atomic E-state index is -2.00. The van der Waals surface area contributed by atoms with Gasteiger partial charge in [0, 0.05) is 31.3 Å². The van der Waals surface area contributed by atoms with E-state index in [-0.39, 0.29) is 5.41 Å². The van der Waals surface area contributed by atoms with Crippen LogP contribution in [-0.2, 0) is 18.3 Å². The molecule has 0 atom stereocenters. The summed E-state index contributed by atoms with van der Waals surface area (Å²) < 4.78 is 22.7. The van der Waals surface area contributed by atoms with Crippen LogP contribution in [0.1, 0.15) is 27.2 Å². The van der Waals surface area contributed by atoms with E-state index in [0.29, 0.717) is 0 Å². The van der Waals surface area contributed by atoms with Gasteiger partial charge in [-0.05, 0) is 26.8 Å². The van der Waals surface area contributed by atoms with Gasteiger partial charge in [-0.3, -0.25) is 0 Å². The molecule has 0 N–H and O–H groups in total. The molecule has 0 bridgehead atoms. The summed E-state index contributed by atoms with van der Waals surface area (Å²) in [5, 5.41) is 0. The SMILES string of the molecule is CCO[Si](C)(CCOCC1(CC)COC1)OCC. The van der Waals surface area contributed by atoms with Crippen molar-refractivity contribution in [1.29, 1.82) is 0 Å². The minimum absolute atomic E-state index is 0.273. The van der Waals surface area contributed by atoms with Gasteiger partial charge in [-0.25, -0.2) is 0 Å². The first kappa shape index (κ1) is 16.1. The van der Waals surface area contributed by atoms with Crippen LogP contribution in [0.4, 0.5) is 0 Å². The number of ether oxygens (including phenoxy) is 2. The average Bonchev–Trinajstić information content (AvgIpc) is 2.28.